The van der Waals surface area contributed by atoms with Crippen molar-refractivity contribution < 1.29 is 9.84 Å². The largest absolute Gasteiger partial charge is 0.390 e. The van der Waals surface area contributed by atoms with Crippen molar-refractivity contribution in [2.24, 2.45) is 17.8 Å². The van der Waals surface area contributed by atoms with E-state index in [-0.39, 0.29) is 11.2 Å². The number of ether oxygens (including phenoxy) is 1. The Labute approximate surface area is 117 Å². The van der Waals surface area contributed by atoms with E-state index >= 15 is 0 Å². The van der Waals surface area contributed by atoms with E-state index < -0.39 is 0 Å². The summed E-state index contributed by atoms with van der Waals surface area (Å²) in [5.74, 6) is 2.10. The zero-order valence-corrected chi connectivity index (χ0v) is 12.7. The number of hydrogen-bond donors (Lipinski definition) is 1. The highest BCUT2D eigenvalue weighted by molar-refractivity contribution is 5.01. The topological polar surface area (TPSA) is 29.5 Å². The summed E-state index contributed by atoms with van der Waals surface area (Å²) >= 11 is 0. The molecule has 1 spiro atoms. The Morgan fingerprint density at radius 2 is 1.74 bits per heavy atom. The van der Waals surface area contributed by atoms with Crippen LogP contribution in [0.1, 0.15) is 71.6 Å². The van der Waals surface area contributed by atoms with Gasteiger partial charge in [-0.2, -0.15) is 0 Å². The van der Waals surface area contributed by atoms with Gasteiger partial charge in [0.2, 0.25) is 0 Å². The Hall–Kier alpha value is -0.0800. The number of hydrogen-bond acceptors (Lipinski definition) is 2. The molecule has 2 saturated carbocycles. The van der Waals surface area contributed by atoms with Crippen LogP contribution in [-0.4, -0.2) is 22.9 Å². The van der Waals surface area contributed by atoms with Crippen LogP contribution in [0.3, 0.4) is 0 Å². The lowest BCUT2D eigenvalue weighted by Gasteiger charge is -2.52. The molecule has 3 rings (SSSR count). The second-order valence-electron chi connectivity index (χ2n) is 7.76. The van der Waals surface area contributed by atoms with Gasteiger partial charge in [-0.1, -0.05) is 13.8 Å². The van der Waals surface area contributed by atoms with Crippen molar-refractivity contribution in [2.75, 3.05) is 6.61 Å². The molecule has 19 heavy (non-hydrogen) atoms. The third-order valence-corrected chi connectivity index (χ3v) is 6.36. The lowest BCUT2D eigenvalue weighted by molar-refractivity contribution is -0.183. The van der Waals surface area contributed by atoms with Gasteiger partial charge < -0.3 is 9.84 Å². The second kappa shape index (κ2) is 5.04. The van der Waals surface area contributed by atoms with Crippen molar-refractivity contribution in [1.82, 2.24) is 0 Å². The Kier molecular flexibility index (Phi) is 3.68. The molecule has 1 aliphatic heterocycles. The van der Waals surface area contributed by atoms with Gasteiger partial charge in [-0.3, -0.25) is 0 Å². The van der Waals surface area contributed by atoms with Crippen LogP contribution in [0.25, 0.3) is 0 Å². The van der Waals surface area contributed by atoms with Crippen molar-refractivity contribution in [1.29, 1.82) is 0 Å². The van der Waals surface area contributed by atoms with Crippen LogP contribution in [-0.2, 0) is 4.74 Å². The van der Waals surface area contributed by atoms with Gasteiger partial charge in [-0.05, 0) is 75.5 Å². The molecule has 1 heterocycles. The molecule has 1 atom stereocenters. The molecule has 2 aliphatic carbocycles. The summed E-state index contributed by atoms with van der Waals surface area (Å²) in [6.07, 6.45) is 10.5. The van der Waals surface area contributed by atoms with Crippen molar-refractivity contribution in [3.05, 3.63) is 0 Å². The summed E-state index contributed by atoms with van der Waals surface area (Å²) in [4.78, 5) is 0. The molecular formula is C17H30O2. The Morgan fingerprint density at radius 3 is 2.26 bits per heavy atom. The summed E-state index contributed by atoms with van der Waals surface area (Å²) in [6, 6.07) is 0. The molecule has 2 heteroatoms. The fourth-order valence-corrected chi connectivity index (χ4v) is 4.62. The normalized spacial score (nSPS) is 42.3. The maximum absolute atomic E-state index is 11.1. The summed E-state index contributed by atoms with van der Waals surface area (Å²) in [6.45, 7) is 5.53. The molecule has 0 bridgehead atoms. The first kappa shape index (κ1) is 13.9. The van der Waals surface area contributed by atoms with Crippen molar-refractivity contribution in [3.63, 3.8) is 0 Å². The van der Waals surface area contributed by atoms with Gasteiger partial charge in [0, 0.05) is 6.61 Å². The van der Waals surface area contributed by atoms with Gasteiger partial charge in [-0.15, -0.1) is 0 Å². The molecule has 0 aromatic heterocycles. The predicted molar refractivity (Wildman–Crippen MR) is 77.0 cm³/mol. The van der Waals surface area contributed by atoms with Crippen LogP contribution in [0.5, 0.6) is 0 Å². The highest BCUT2D eigenvalue weighted by Crippen LogP contribution is 2.50. The monoisotopic (exact) mass is 266 g/mol. The predicted octanol–water partition coefficient (Wildman–Crippen LogP) is 3.91. The molecule has 3 aliphatic rings. The highest BCUT2D eigenvalue weighted by atomic mass is 16.5. The third-order valence-electron chi connectivity index (χ3n) is 6.36. The highest BCUT2D eigenvalue weighted by Gasteiger charge is 2.49. The molecule has 3 fully saturated rings. The number of rotatable bonds is 2. The maximum atomic E-state index is 11.1. The van der Waals surface area contributed by atoms with Crippen LogP contribution in [0, 0.1) is 17.8 Å². The Morgan fingerprint density at radius 1 is 1.05 bits per heavy atom. The molecule has 1 unspecified atom stereocenters. The molecule has 1 saturated heterocycles. The molecule has 2 nitrogen and oxygen atoms in total. The van der Waals surface area contributed by atoms with E-state index in [1.165, 1.54) is 32.1 Å². The fourth-order valence-electron chi connectivity index (χ4n) is 4.62. The lowest BCUT2D eigenvalue weighted by Crippen LogP contribution is -2.52. The minimum atomic E-state index is -0.377. The van der Waals surface area contributed by atoms with Gasteiger partial charge in [0.05, 0.1) is 11.2 Å². The van der Waals surface area contributed by atoms with E-state index in [1.807, 2.05) is 0 Å². The summed E-state index contributed by atoms with van der Waals surface area (Å²) in [7, 11) is 0. The number of aliphatic hydroxyl groups is 1. The SMILES string of the molecule is CC(C)C1CCC(O)(C2CCOC3(CCC3)C2)CC1. The second-order valence-corrected chi connectivity index (χ2v) is 7.76. The van der Waals surface area contributed by atoms with Crippen LogP contribution in [0.2, 0.25) is 0 Å². The first-order chi connectivity index (χ1) is 9.03. The van der Waals surface area contributed by atoms with Gasteiger partial charge in [0.25, 0.3) is 0 Å². The summed E-state index contributed by atoms with van der Waals surface area (Å²) < 4.78 is 6.02. The molecule has 0 radical (unpaired) electrons. The standard InChI is InChI=1S/C17H30O2/c1-13(2)14-4-9-17(18,10-5-14)15-6-11-19-16(12-15)7-3-8-16/h13-15,18H,3-12H2,1-2H3. The zero-order valence-electron chi connectivity index (χ0n) is 12.7. The van der Waals surface area contributed by atoms with Crippen molar-refractivity contribution in [2.45, 2.75) is 82.8 Å². The van der Waals surface area contributed by atoms with Gasteiger partial charge in [-0.25, -0.2) is 0 Å². The fraction of sp³-hybridized carbons (Fsp3) is 1.00. The molecule has 0 aromatic carbocycles. The summed E-state index contributed by atoms with van der Waals surface area (Å²) in [5, 5.41) is 11.1. The Bertz CT molecular complexity index is 311. The van der Waals surface area contributed by atoms with Crippen LogP contribution in [0.4, 0.5) is 0 Å². The van der Waals surface area contributed by atoms with Crippen molar-refractivity contribution >= 4 is 0 Å². The quantitative estimate of drug-likeness (QED) is 0.821. The molecular weight excluding hydrogens is 236 g/mol. The maximum Gasteiger partial charge on any atom is 0.0686 e. The van der Waals surface area contributed by atoms with Crippen LogP contribution >= 0.6 is 0 Å². The average Bonchev–Trinajstić information content (AvgIpc) is 2.37. The van der Waals surface area contributed by atoms with E-state index in [1.54, 1.807) is 0 Å². The molecule has 0 aromatic rings. The first-order valence-electron chi connectivity index (χ1n) is 8.39. The minimum Gasteiger partial charge on any atom is -0.390 e. The third kappa shape index (κ3) is 2.58. The van der Waals surface area contributed by atoms with Crippen LogP contribution in [0.15, 0.2) is 0 Å². The van der Waals surface area contributed by atoms with E-state index in [0.717, 1.165) is 44.1 Å². The smallest absolute Gasteiger partial charge is 0.0686 e. The molecule has 110 valence electrons. The van der Waals surface area contributed by atoms with E-state index in [2.05, 4.69) is 13.8 Å². The van der Waals surface area contributed by atoms with E-state index in [4.69, 9.17) is 4.74 Å². The molecule has 1 N–H and O–H groups in total. The van der Waals surface area contributed by atoms with Gasteiger partial charge >= 0.3 is 0 Å². The minimum absolute atomic E-state index is 0.174. The van der Waals surface area contributed by atoms with Gasteiger partial charge in [0.1, 0.15) is 0 Å². The average molecular weight is 266 g/mol. The summed E-state index contributed by atoms with van der Waals surface area (Å²) in [5.41, 5.74) is -0.203. The van der Waals surface area contributed by atoms with Gasteiger partial charge in [0.15, 0.2) is 0 Å². The zero-order chi connectivity index (χ0) is 13.5. The molecule has 0 amide bonds. The Balaban J connectivity index is 1.61. The van der Waals surface area contributed by atoms with E-state index in [0.29, 0.717) is 5.92 Å². The lowest BCUT2D eigenvalue weighted by atomic mass is 9.63. The first-order valence-corrected chi connectivity index (χ1v) is 8.39. The van der Waals surface area contributed by atoms with Crippen molar-refractivity contribution in [3.8, 4) is 0 Å². The van der Waals surface area contributed by atoms with E-state index in [9.17, 15) is 5.11 Å². The van der Waals surface area contributed by atoms with Crippen LogP contribution < -0.4 is 0 Å².